The fraction of sp³-hybridized carbons (Fsp3) is 1.00. The summed E-state index contributed by atoms with van der Waals surface area (Å²) in [6.07, 6.45) is -0.0480. The largest absolute Gasteiger partial charge is 0.361 e. The Morgan fingerprint density at radius 2 is 0.955 bits per heavy atom. The lowest BCUT2D eigenvalue weighted by molar-refractivity contribution is -0.396. The first kappa shape index (κ1) is 41.3. The Morgan fingerprint density at radius 1 is 0.591 bits per heavy atom. The molecule has 3 aliphatic heterocycles. The van der Waals surface area contributed by atoms with Gasteiger partial charge in [0, 0.05) is 20.3 Å². The summed E-state index contributed by atoms with van der Waals surface area (Å²) >= 11 is 0. The van der Waals surface area contributed by atoms with Gasteiger partial charge < -0.3 is 23.7 Å². The van der Waals surface area contributed by atoms with Crippen LogP contribution in [0.4, 0.5) is 30.7 Å². The van der Waals surface area contributed by atoms with E-state index in [1.165, 1.54) is 13.8 Å². The standard InChI is InChI=1S/C11H18F4O.C11H21FO2.C10H18F2O2/c1-7(2)10(14)5-6-16-11(15,8(10)3)9(4,12)13;1-8(2)9(3,4)14-11(7,12)10(5,6)13-8;1-7(2)8(3,4)14-10(6,13-7)9(5,11)12/h7-8H,5-6H2,1-4H3;1-7H3;1-6H3. The molecule has 0 amide bonds. The van der Waals surface area contributed by atoms with Crippen molar-refractivity contribution in [3.63, 3.8) is 0 Å². The highest BCUT2D eigenvalue weighted by atomic mass is 19.3. The molecule has 0 aliphatic carbocycles. The van der Waals surface area contributed by atoms with E-state index in [4.69, 9.17) is 18.9 Å². The van der Waals surface area contributed by atoms with Crippen LogP contribution in [0.25, 0.3) is 0 Å². The van der Waals surface area contributed by atoms with Gasteiger partial charge in [0.1, 0.15) is 11.3 Å². The van der Waals surface area contributed by atoms with E-state index in [1.807, 2.05) is 27.7 Å². The zero-order chi connectivity index (χ0) is 35.6. The molecule has 3 saturated heterocycles. The van der Waals surface area contributed by atoms with Crippen LogP contribution in [0.1, 0.15) is 124 Å². The topological polar surface area (TPSA) is 46.2 Å². The van der Waals surface area contributed by atoms with Crippen molar-refractivity contribution in [1.82, 2.24) is 0 Å². The molecule has 0 spiro atoms. The Morgan fingerprint density at radius 3 is 1.25 bits per heavy atom. The van der Waals surface area contributed by atoms with Gasteiger partial charge in [0.25, 0.3) is 11.8 Å². The van der Waals surface area contributed by atoms with Crippen molar-refractivity contribution < 1.29 is 54.4 Å². The Kier molecular flexibility index (Phi) is 11.1. The summed E-state index contributed by atoms with van der Waals surface area (Å²) in [6, 6.07) is 0. The normalized spacial score (nSPS) is 36.9. The number of halogens is 7. The van der Waals surface area contributed by atoms with E-state index in [0.29, 0.717) is 6.92 Å². The number of hydrogen-bond donors (Lipinski definition) is 0. The summed E-state index contributed by atoms with van der Waals surface area (Å²) in [4.78, 5) is 0. The second kappa shape index (κ2) is 11.8. The first-order chi connectivity index (χ1) is 18.9. The van der Waals surface area contributed by atoms with Crippen LogP contribution in [0, 0.1) is 11.8 Å². The van der Waals surface area contributed by atoms with E-state index in [2.05, 4.69) is 4.74 Å². The number of rotatable bonds is 3. The van der Waals surface area contributed by atoms with Crippen LogP contribution in [-0.2, 0) is 23.7 Å². The van der Waals surface area contributed by atoms with Gasteiger partial charge in [0.05, 0.1) is 34.9 Å². The minimum absolute atomic E-state index is 0.0480. The molecular formula is C32H57F7O5. The molecule has 5 nitrogen and oxygen atoms in total. The fourth-order valence-electron chi connectivity index (χ4n) is 5.30. The molecule has 3 aliphatic rings. The molecule has 3 heterocycles. The zero-order valence-corrected chi connectivity index (χ0v) is 29.8. The third kappa shape index (κ3) is 7.55. The lowest BCUT2D eigenvalue weighted by Gasteiger charge is -2.56. The first-order valence-electron chi connectivity index (χ1n) is 15.2. The quantitative estimate of drug-likeness (QED) is 0.284. The maximum atomic E-state index is 14.5. The van der Waals surface area contributed by atoms with Gasteiger partial charge in [0.2, 0.25) is 11.6 Å². The van der Waals surface area contributed by atoms with Crippen molar-refractivity contribution in [2.24, 2.45) is 11.8 Å². The monoisotopic (exact) mass is 654 g/mol. The smallest absolute Gasteiger partial charge is 0.303 e. The molecule has 0 aromatic rings. The fourth-order valence-corrected chi connectivity index (χ4v) is 5.30. The molecule has 0 aromatic heterocycles. The van der Waals surface area contributed by atoms with Crippen molar-refractivity contribution >= 4 is 0 Å². The van der Waals surface area contributed by atoms with Crippen molar-refractivity contribution in [3.8, 4) is 0 Å². The summed E-state index contributed by atoms with van der Waals surface area (Å²) in [6.45, 7) is 25.9. The van der Waals surface area contributed by atoms with Gasteiger partial charge in [-0.15, -0.1) is 0 Å². The van der Waals surface area contributed by atoms with Gasteiger partial charge in [-0.2, -0.15) is 0 Å². The van der Waals surface area contributed by atoms with Crippen LogP contribution in [0.5, 0.6) is 0 Å². The number of ether oxygens (including phenoxy) is 5. The van der Waals surface area contributed by atoms with Crippen LogP contribution in [0.15, 0.2) is 0 Å². The molecule has 0 N–H and O–H groups in total. The molecule has 4 unspecified atom stereocenters. The minimum Gasteiger partial charge on any atom is -0.361 e. The maximum absolute atomic E-state index is 14.5. The van der Waals surface area contributed by atoms with E-state index in [0.717, 1.165) is 13.8 Å². The lowest BCUT2D eigenvalue weighted by Crippen LogP contribution is -2.67. The number of hydrogen-bond acceptors (Lipinski definition) is 5. The molecule has 44 heavy (non-hydrogen) atoms. The highest BCUT2D eigenvalue weighted by molar-refractivity contribution is 5.04. The highest BCUT2D eigenvalue weighted by Gasteiger charge is 2.66. The third-order valence-electron chi connectivity index (χ3n) is 10.3. The van der Waals surface area contributed by atoms with E-state index < -0.39 is 74.9 Å². The van der Waals surface area contributed by atoms with Gasteiger partial charge in [-0.25, -0.2) is 30.7 Å². The van der Waals surface area contributed by atoms with Crippen molar-refractivity contribution in [3.05, 3.63) is 0 Å². The minimum atomic E-state index is -3.71. The average molecular weight is 655 g/mol. The summed E-state index contributed by atoms with van der Waals surface area (Å²) in [5, 5.41) is 0. The Labute approximate surface area is 260 Å². The summed E-state index contributed by atoms with van der Waals surface area (Å²) < 4.78 is 122. The van der Waals surface area contributed by atoms with Crippen LogP contribution in [0.2, 0.25) is 0 Å². The van der Waals surface area contributed by atoms with Crippen LogP contribution in [0.3, 0.4) is 0 Å². The average Bonchev–Trinajstić information content (AvgIpc) is 2.92. The third-order valence-corrected chi connectivity index (χ3v) is 10.3. The predicted molar refractivity (Wildman–Crippen MR) is 156 cm³/mol. The van der Waals surface area contributed by atoms with Crippen molar-refractivity contribution in [2.75, 3.05) is 6.61 Å². The van der Waals surface area contributed by atoms with Gasteiger partial charge in [-0.05, 0) is 89.0 Å². The van der Waals surface area contributed by atoms with Crippen LogP contribution in [-0.4, -0.2) is 69.6 Å². The Balaban J connectivity index is 0.000000331. The molecule has 0 radical (unpaired) electrons. The Bertz CT molecular complexity index is 932. The second-order valence-corrected chi connectivity index (χ2v) is 15.6. The molecule has 4 atom stereocenters. The molecule has 0 aromatic carbocycles. The van der Waals surface area contributed by atoms with E-state index in [9.17, 15) is 30.7 Å². The van der Waals surface area contributed by atoms with Gasteiger partial charge >= 0.3 is 5.92 Å². The summed E-state index contributed by atoms with van der Waals surface area (Å²) in [5.74, 6) is -15.6. The van der Waals surface area contributed by atoms with Crippen LogP contribution >= 0.6 is 0 Å². The first-order valence-corrected chi connectivity index (χ1v) is 15.2. The molecule has 3 fully saturated rings. The van der Waals surface area contributed by atoms with Gasteiger partial charge in [0.15, 0.2) is 0 Å². The van der Waals surface area contributed by atoms with Crippen LogP contribution < -0.4 is 0 Å². The van der Waals surface area contributed by atoms with Gasteiger partial charge in [-0.1, -0.05) is 20.8 Å². The van der Waals surface area contributed by atoms with E-state index in [-0.39, 0.29) is 13.0 Å². The molecular weight excluding hydrogens is 597 g/mol. The lowest BCUT2D eigenvalue weighted by atomic mass is 9.72. The zero-order valence-electron chi connectivity index (χ0n) is 29.8. The summed E-state index contributed by atoms with van der Waals surface area (Å²) in [7, 11) is 0. The molecule has 264 valence electrons. The van der Waals surface area contributed by atoms with E-state index in [1.54, 1.807) is 55.4 Å². The molecule has 3 rings (SSSR count). The van der Waals surface area contributed by atoms with Crippen molar-refractivity contribution in [2.45, 2.75) is 187 Å². The SMILES string of the molecule is CC(C)C1(F)CCOC(F)(C(C)(F)F)C1C.CC(F)(F)C1(C)OC(C)(C)C(C)(C)O1.CC1(C)OC(C)(C)C(C)(F)OC1(C)C. The maximum Gasteiger partial charge on any atom is 0.303 e. The second-order valence-electron chi connectivity index (χ2n) is 15.6. The van der Waals surface area contributed by atoms with Crippen molar-refractivity contribution in [1.29, 1.82) is 0 Å². The van der Waals surface area contributed by atoms with E-state index >= 15 is 0 Å². The summed E-state index contributed by atoms with van der Waals surface area (Å²) in [5.41, 5.74) is -5.45. The highest BCUT2D eigenvalue weighted by Crippen LogP contribution is 2.52. The molecule has 0 bridgehead atoms. The number of alkyl halides is 7. The molecule has 12 heteroatoms. The molecule has 0 saturated carbocycles. The van der Waals surface area contributed by atoms with Gasteiger partial charge in [-0.3, -0.25) is 0 Å². The Hall–Kier alpha value is -0.690. The predicted octanol–water partition coefficient (Wildman–Crippen LogP) is 9.74.